The lowest BCUT2D eigenvalue weighted by atomic mass is 10.2. The number of likely N-dealkylation sites (N-methyl/N-ethyl adjacent to an activating group) is 1. The number of carbonyl (C=O) groups excluding carboxylic acids is 1. The molecule has 2 heterocycles. The fourth-order valence-electron chi connectivity index (χ4n) is 2.50. The van der Waals surface area contributed by atoms with Gasteiger partial charge in [-0.05, 0) is 20.5 Å². The number of hydrogen-bond donors (Lipinski definition) is 2. The topological polar surface area (TPSA) is 103 Å². The van der Waals surface area contributed by atoms with Gasteiger partial charge in [-0.1, -0.05) is 0 Å². The molecule has 1 aliphatic heterocycles. The molecule has 0 radical (unpaired) electrons. The van der Waals surface area contributed by atoms with Crippen LogP contribution in [0.4, 0.5) is 5.69 Å². The van der Waals surface area contributed by atoms with Crippen LogP contribution in [0.25, 0.3) is 0 Å². The van der Waals surface area contributed by atoms with E-state index in [0.29, 0.717) is 13.0 Å². The lowest BCUT2D eigenvalue weighted by Gasteiger charge is -2.26. The van der Waals surface area contributed by atoms with Crippen molar-refractivity contribution in [1.29, 1.82) is 0 Å². The van der Waals surface area contributed by atoms with Gasteiger partial charge in [-0.3, -0.25) is 14.9 Å². The third-order valence-electron chi connectivity index (χ3n) is 3.34. The molecule has 1 amide bonds. The van der Waals surface area contributed by atoms with Crippen molar-refractivity contribution in [3.63, 3.8) is 0 Å². The molecular formula is C12H18N4O4. The van der Waals surface area contributed by atoms with Crippen molar-refractivity contribution < 1.29 is 14.8 Å². The zero-order valence-corrected chi connectivity index (χ0v) is 11.4. The van der Waals surface area contributed by atoms with Crippen LogP contribution in [0.3, 0.4) is 0 Å². The molecule has 8 nitrogen and oxygen atoms in total. The molecule has 2 rings (SSSR count). The smallest absolute Gasteiger partial charge is 0.287 e. The maximum atomic E-state index is 12.4. The van der Waals surface area contributed by atoms with Crippen molar-refractivity contribution >= 4 is 11.6 Å². The first-order chi connectivity index (χ1) is 9.38. The minimum Gasteiger partial charge on any atom is -0.391 e. The van der Waals surface area contributed by atoms with Crippen LogP contribution in [0, 0.1) is 10.1 Å². The number of aromatic nitrogens is 1. The number of nitro groups is 1. The Hall–Kier alpha value is -1.93. The highest BCUT2D eigenvalue weighted by atomic mass is 16.6. The van der Waals surface area contributed by atoms with Crippen molar-refractivity contribution in [2.75, 3.05) is 27.2 Å². The molecule has 0 aromatic carbocycles. The van der Waals surface area contributed by atoms with Crippen molar-refractivity contribution in [2.45, 2.75) is 18.6 Å². The van der Waals surface area contributed by atoms with Gasteiger partial charge >= 0.3 is 0 Å². The Bertz CT molecular complexity index is 513. The van der Waals surface area contributed by atoms with Gasteiger partial charge in [0.1, 0.15) is 5.69 Å². The van der Waals surface area contributed by atoms with E-state index >= 15 is 0 Å². The van der Waals surface area contributed by atoms with E-state index in [1.54, 1.807) is 4.90 Å². The quantitative estimate of drug-likeness (QED) is 0.600. The summed E-state index contributed by atoms with van der Waals surface area (Å²) in [6.07, 6.45) is 1.17. The summed E-state index contributed by atoms with van der Waals surface area (Å²) >= 11 is 0. The number of carbonyl (C=O) groups is 1. The Balaban J connectivity index is 2.15. The summed E-state index contributed by atoms with van der Waals surface area (Å²) in [6, 6.07) is 1.13. The van der Waals surface area contributed by atoms with Crippen molar-refractivity contribution in [3.8, 4) is 0 Å². The van der Waals surface area contributed by atoms with Crippen LogP contribution < -0.4 is 0 Å². The first-order valence-corrected chi connectivity index (χ1v) is 6.35. The first kappa shape index (κ1) is 14.5. The monoisotopic (exact) mass is 282 g/mol. The molecule has 2 atom stereocenters. The first-order valence-electron chi connectivity index (χ1n) is 6.35. The van der Waals surface area contributed by atoms with Gasteiger partial charge in [0.2, 0.25) is 0 Å². The maximum absolute atomic E-state index is 12.4. The molecule has 1 aromatic rings. The molecule has 2 N–H and O–H groups in total. The molecule has 1 saturated heterocycles. The molecule has 1 fully saturated rings. The lowest BCUT2D eigenvalue weighted by Crippen LogP contribution is -2.41. The number of aromatic amines is 1. The Morgan fingerprint density at radius 2 is 2.35 bits per heavy atom. The Morgan fingerprint density at radius 3 is 2.90 bits per heavy atom. The molecule has 8 heteroatoms. The maximum Gasteiger partial charge on any atom is 0.287 e. The second-order valence-corrected chi connectivity index (χ2v) is 5.29. The number of amides is 1. The predicted molar refractivity (Wildman–Crippen MR) is 71.4 cm³/mol. The van der Waals surface area contributed by atoms with Crippen LogP contribution in [0.15, 0.2) is 12.3 Å². The average molecular weight is 282 g/mol. The number of β-amino-alcohol motifs (C(OH)–C–C–N with tert-alkyl or cyclic N) is 1. The molecule has 0 bridgehead atoms. The molecule has 110 valence electrons. The van der Waals surface area contributed by atoms with Crippen molar-refractivity contribution in [3.05, 3.63) is 28.1 Å². The molecule has 0 spiro atoms. The lowest BCUT2D eigenvalue weighted by molar-refractivity contribution is -0.384. The fourth-order valence-corrected chi connectivity index (χ4v) is 2.50. The summed E-state index contributed by atoms with van der Waals surface area (Å²) in [7, 11) is 3.79. The molecule has 0 saturated carbocycles. The summed E-state index contributed by atoms with van der Waals surface area (Å²) in [5.74, 6) is -0.318. The van der Waals surface area contributed by atoms with E-state index in [1.807, 2.05) is 19.0 Å². The van der Waals surface area contributed by atoms with Crippen molar-refractivity contribution in [1.82, 2.24) is 14.8 Å². The zero-order chi connectivity index (χ0) is 14.9. The fraction of sp³-hybridized carbons (Fsp3) is 0.583. The number of hydrogen-bond acceptors (Lipinski definition) is 5. The normalized spacial score (nSPS) is 22.5. The van der Waals surface area contributed by atoms with Gasteiger partial charge in [0.25, 0.3) is 11.6 Å². The average Bonchev–Trinajstić information content (AvgIpc) is 2.94. The van der Waals surface area contributed by atoms with Crippen LogP contribution in [-0.2, 0) is 0 Å². The second kappa shape index (κ2) is 5.59. The number of aliphatic hydroxyl groups is 1. The van der Waals surface area contributed by atoms with E-state index in [2.05, 4.69) is 4.98 Å². The summed E-state index contributed by atoms with van der Waals surface area (Å²) in [5.41, 5.74) is 0.0341. The number of likely N-dealkylation sites (tertiary alicyclic amines) is 1. The predicted octanol–water partition coefficient (Wildman–Crippen LogP) is 0.0599. The minimum absolute atomic E-state index is 0.0881. The van der Waals surface area contributed by atoms with E-state index in [1.165, 1.54) is 12.3 Å². The molecule has 20 heavy (non-hydrogen) atoms. The summed E-state index contributed by atoms with van der Waals surface area (Å²) in [5, 5.41) is 20.4. The third kappa shape index (κ3) is 2.97. The van der Waals surface area contributed by atoms with Crippen LogP contribution >= 0.6 is 0 Å². The van der Waals surface area contributed by atoms with Gasteiger partial charge < -0.3 is 19.9 Å². The zero-order valence-electron chi connectivity index (χ0n) is 11.4. The highest BCUT2D eigenvalue weighted by Gasteiger charge is 2.35. The molecule has 1 aromatic heterocycles. The summed E-state index contributed by atoms with van der Waals surface area (Å²) in [4.78, 5) is 28.6. The number of nitrogens with one attached hydrogen (secondary N) is 1. The second-order valence-electron chi connectivity index (χ2n) is 5.29. The number of nitrogens with zero attached hydrogens (tertiary/aromatic N) is 3. The molecular weight excluding hydrogens is 264 g/mol. The Labute approximate surface area is 116 Å². The van der Waals surface area contributed by atoms with Gasteiger partial charge in [0.15, 0.2) is 0 Å². The molecule has 0 aliphatic carbocycles. The Morgan fingerprint density at radius 1 is 1.65 bits per heavy atom. The van der Waals surface area contributed by atoms with Gasteiger partial charge in [-0.15, -0.1) is 0 Å². The van der Waals surface area contributed by atoms with E-state index in [9.17, 15) is 20.0 Å². The van der Waals surface area contributed by atoms with E-state index in [-0.39, 0.29) is 29.9 Å². The standard InChI is InChI=1S/C12H18N4O4/c1-14(2)6-9-3-10(17)7-15(9)12(18)11-4-8(5-13-11)16(19)20/h4-5,9-10,13,17H,3,6-7H2,1-2H3. The minimum atomic E-state index is -0.552. The number of aliphatic hydroxyl groups excluding tert-OH is 1. The van der Waals surface area contributed by atoms with Crippen LogP contribution in [0.1, 0.15) is 16.9 Å². The summed E-state index contributed by atoms with van der Waals surface area (Å²) < 4.78 is 0. The number of rotatable bonds is 4. The highest BCUT2D eigenvalue weighted by Crippen LogP contribution is 2.22. The highest BCUT2D eigenvalue weighted by molar-refractivity contribution is 5.93. The van der Waals surface area contributed by atoms with Crippen LogP contribution in [-0.4, -0.2) is 70.1 Å². The molecule has 1 aliphatic rings. The van der Waals surface area contributed by atoms with E-state index < -0.39 is 11.0 Å². The van der Waals surface area contributed by atoms with Crippen molar-refractivity contribution in [2.24, 2.45) is 0 Å². The van der Waals surface area contributed by atoms with E-state index in [4.69, 9.17) is 0 Å². The third-order valence-corrected chi connectivity index (χ3v) is 3.34. The van der Waals surface area contributed by atoms with Gasteiger partial charge in [0, 0.05) is 25.2 Å². The Kier molecular flexibility index (Phi) is 4.05. The van der Waals surface area contributed by atoms with Gasteiger partial charge in [-0.25, -0.2) is 0 Å². The van der Waals surface area contributed by atoms with Gasteiger partial charge in [-0.2, -0.15) is 0 Å². The van der Waals surface area contributed by atoms with E-state index in [0.717, 1.165) is 0 Å². The number of H-pyrrole nitrogens is 1. The SMILES string of the molecule is CN(C)CC1CC(O)CN1C(=O)c1cc([N+](=O)[O-])c[nH]1. The van der Waals surface area contributed by atoms with Crippen LogP contribution in [0.5, 0.6) is 0 Å². The largest absolute Gasteiger partial charge is 0.391 e. The van der Waals surface area contributed by atoms with Crippen LogP contribution in [0.2, 0.25) is 0 Å². The van der Waals surface area contributed by atoms with Gasteiger partial charge in [0.05, 0.1) is 17.2 Å². The molecule has 2 unspecified atom stereocenters. The summed E-state index contributed by atoms with van der Waals surface area (Å²) in [6.45, 7) is 0.899.